The standard InChI is InChI=1S/C17H15N5O/c1-10(23)15-7-12(9-19-21-15)17-20-14-5-2-11(8-18)6-16(14)22(17)13-3-4-13/h2,5-7,9-10,13,23H,3-4H2,1H3. The van der Waals surface area contributed by atoms with Crippen molar-refractivity contribution in [2.24, 2.45) is 0 Å². The zero-order chi connectivity index (χ0) is 16.0. The highest BCUT2D eigenvalue weighted by Gasteiger charge is 2.29. The molecule has 1 aliphatic rings. The Morgan fingerprint density at radius 3 is 2.87 bits per heavy atom. The summed E-state index contributed by atoms with van der Waals surface area (Å²) in [7, 11) is 0. The third-order valence-corrected chi connectivity index (χ3v) is 4.09. The number of aliphatic hydroxyl groups excluding tert-OH is 1. The maximum absolute atomic E-state index is 9.73. The topological polar surface area (TPSA) is 87.6 Å². The maximum Gasteiger partial charge on any atom is 0.143 e. The fraction of sp³-hybridized carbons (Fsp3) is 0.294. The van der Waals surface area contributed by atoms with Gasteiger partial charge in [0.15, 0.2) is 0 Å². The molecule has 114 valence electrons. The molecule has 6 heteroatoms. The molecule has 1 fully saturated rings. The number of aliphatic hydroxyl groups is 1. The fourth-order valence-corrected chi connectivity index (χ4v) is 2.78. The van der Waals surface area contributed by atoms with Crippen molar-refractivity contribution in [3.63, 3.8) is 0 Å². The van der Waals surface area contributed by atoms with Crippen LogP contribution in [0.15, 0.2) is 30.5 Å². The largest absolute Gasteiger partial charge is 0.387 e. The molecule has 2 aromatic heterocycles. The van der Waals surface area contributed by atoms with Crippen LogP contribution >= 0.6 is 0 Å². The van der Waals surface area contributed by atoms with Gasteiger partial charge in [-0.25, -0.2) is 4.98 Å². The SMILES string of the molecule is CC(O)c1cc(-c2nc3ccc(C#N)cc3n2C2CC2)cnn1. The Labute approximate surface area is 133 Å². The summed E-state index contributed by atoms with van der Waals surface area (Å²) in [4.78, 5) is 4.72. The Kier molecular flexibility index (Phi) is 3.10. The van der Waals surface area contributed by atoms with Crippen LogP contribution in [-0.4, -0.2) is 24.9 Å². The molecule has 1 aromatic carbocycles. The number of rotatable bonds is 3. The lowest BCUT2D eigenvalue weighted by molar-refractivity contribution is 0.193. The predicted octanol–water partition coefficient (Wildman–Crippen LogP) is 2.75. The Morgan fingerprint density at radius 1 is 1.35 bits per heavy atom. The number of fused-ring (bicyclic) bond motifs is 1. The van der Waals surface area contributed by atoms with Crippen LogP contribution < -0.4 is 0 Å². The van der Waals surface area contributed by atoms with Gasteiger partial charge in [-0.3, -0.25) is 0 Å². The van der Waals surface area contributed by atoms with Gasteiger partial charge in [0.2, 0.25) is 0 Å². The van der Waals surface area contributed by atoms with Crippen molar-refractivity contribution in [3.8, 4) is 17.5 Å². The van der Waals surface area contributed by atoms with E-state index in [1.807, 2.05) is 18.2 Å². The zero-order valence-corrected chi connectivity index (χ0v) is 12.6. The third-order valence-electron chi connectivity index (χ3n) is 4.09. The van der Waals surface area contributed by atoms with Crippen molar-refractivity contribution < 1.29 is 5.11 Å². The van der Waals surface area contributed by atoms with E-state index in [2.05, 4.69) is 20.8 Å². The molecule has 2 heterocycles. The molecular formula is C17H15N5O. The lowest BCUT2D eigenvalue weighted by atomic mass is 10.2. The van der Waals surface area contributed by atoms with Crippen LogP contribution in [0, 0.1) is 11.3 Å². The molecule has 1 atom stereocenters. The van der Waals surface area contributed by atoms with Gasteiger partial charge in [0.1, 0.15) is 5.82 Å². The van der Waals surface area contributed by atoms with E-state index in [4.69, 9.17) is 10.2 Å². The lowest BCUT2D eigenvalue weighted by Crippen LogP contribution is -2.02. The summed E-state index contributed by atoms with van der Waals surface area (Å²) in [6.45, 7) is 1.66. The average molecular weight is 305 g/mol. The minimum absolute atomic E-state index is 0.409. The smallest absolute Gasteiger partial charge is 0.143 e. The zero-order valence-electron chi connectivity index (χ0n) is 12.6. The maximum atomic E-state index is 9.73. The van der Waals surface area contributed by atoms with Crippen LogP contribution in [0.25, 0.3) is 22.4 Å². The van der Waals surface area contributed by atoms with Crippen LogP contribution in [0.2, 0.25) is 0 Å². The minimum atomic E-state index is -0.675. The summed E-state index contributed by atoms with van der Waals surface area (Å²) in [5.41, 5.74) is 3.81. The quantitative estimate of drug-likeness (QED) is 0.804. The minimum Gasteiger partial charge on any atom is -0.387 e. The van der Waals surface area contributed by atoms with Crippen LogP contribution in [0.1, 0.15) is 43.2 Å². The second kappa shape index (κ2) is 5.14. The molecule has 6 nitrogen and oxygen atoms in total. The van der Waals surface area contributed by atoms with Gasteiger partial charge in [-0.2, -0.15) is 15.5 Å². The molecule has 1 unspecified atom stereocenters. The van der Waals surface area contributed by atoms with Crippen molar-refractivity contribution in [2.45, 2.75) is 31.9 Å². The summed E-state index contributed by atoms with van der Waals surface area (Å²) >= 11 is 0. The van der Waals surface area contributed by atoms with Crippen molar-refractivity contribution in [1.29, 1.82) is 5.26 Å². The van der Waals surface area contributed by atoms with Gasteiger partial charge in [-0.15, -0.1) is 0 Å². The van der Waals surface area contributed by atoms with Gasteiger partial charge < -0.3 is 9.67 Å². The van der Waals surface area contributed by atoms with Gasteiger partial charge in [-0.1, -0.05) is 0 Å². The highest BCUT2D eigenvalue weighted by Crippen LogP contribution is 2.41. The normalized spacial score (nSPS) is 15.5. The Bertz CT molecular complexity index is 934. The monoisotopic (exact) mass is 305 g/mol. The van der Waals surface area contributed by atoms with Crippen LogP contribution in [-0.2, 0) is 0 Å². The fourth-order valence-electron chi connectivity index (χ4n) is 2.78. The molecule has 0 bridgehead atoms. The van der Waals surface area contributed by atoms with Crippen LogP contribution in [0.4, 0.5) is 0 Å². The van der Waals surface area contributed by atoms with E-state index in [1.165, 1.54) is 0 Å². The molecule has 0 aliphatic heterocycles. The van der Waals surface area contributed by atoms with Crippen molar-refractivity contribution in [3.05, 3.63) is 41.7 Å². The first-order valence-corrected chi connectivity index (χ1v) is 7.60. The summed E-state index contributed by atoms with van der Waals surface area (Å²) < 4.78 is 2.18. The number of imidazole rings is 1. The van der Waals surface area contributed by atoms with Crippen LogP contribution in [0.5, 0.6) is 0 Å². The highest BCUT2D eigenvalue weighted by molar-refractivity contribution is 5.82. The van der Waals surface area contributed by atoms with E-state index in [0.29, 0.717) is 17.3 Å². The van der Waals surface area contributed by atoms with E-state index in [9.17, 15) is 5.11 Å². The summed E-state index contributed by atoms with van der Waals surface area (Å²) in [6.07, 6.45) is 3.21. The number of hydrogen-bond acceptors (Lipinski definition) is 5. The van der Waals surface area contributed by atoms with E-state index in [-0.39, 0.29) is 0 Å². The highest BCUT2D eigenvalue weighted by atomic mass is 16.3. The molecule has 1 N–H and O–H groups in total. The Morgan fingerprint density at radius 2 is 2.17 bits per heavy atom. The number of aromatic nitrogens is 4. The first kappa shape index (κ1) is 13.9. The Hall–Kier alpha value is -2.78. The summed E-state index contributed by atoms with van der Waals surface area (Å²) in [6, 6.07) is 9.95. The molecule has 23 heavy (non-hydrogen) atoms. The van der Waals surface area contributed by atoms with Crippen molar-refractivity contribution in [1.82, 2.24) is 19.7 Å². The van der Waals surface area contributed by atoms with Gasteiger partial charge in [0.25, 0.3) is 0 Å². The molecule has 0 spiro atoms. The number of hydrogen-bond donors (Lipinski definition) is 1. The first-order valence-electron chi connectivity index (χ1n) is 7.60. The van der Waals surface area contributed by atoms with Gasteiger partial charge >= 0.3 is 0 Å². The predicted molar refractivity (Wildman–Crippen MR) is 84.4 cm³/mol. The van der Waals surface area contributed by atoms with E-state index >= 15 is 0 Å². The molecule has 0 saturated heterocycles. The van der Waals surface area contributed by atoms with Gasteiger partial charge in [-0.05, 0) is 44.0 Å². The van der Waals surface area contributed by atoms with Gasteiger partial charge in [0.05, 0.1) is 40.7 Å². The van der Waals surface area contributed by atoms with Crippen molar-refractivity contribution >= 4 is 11.0 Å². The molecule has 1 saturated carbocycles. The molecule has 0 amide bonds. The number of benzene rings is 1. The van der Waals surface area contributed by atoms with E-state index < -0.39 is 6.10 Å². The van der Waals surface area contributed by atoms with Crippen molar-refractivity contribution in [2.75, 3.05) is 0 Å². The average Bonchev–Trinajstić information content (AvgIpc) is 3.34. The second-order valence-electron chi connectivity index (χ2n) is 5.90. The van der Waals surface area contributed by atoms with Gasteiger partial charge in [0, 0.05) is 11.6 Å². The lowest BCUT2D eigenvalue weighted by Gasteiger charge is -2.09. The number of nitrogens with zero attached hydrogens (tertiary/aromatic N) is 5. The van der Waals surface area contributed by atoms with Crippen LogP contribution in [0.3, 0.4) is 0 Å². The third kappa shape index (κ3) is 2.35. The Balaban J connectivity index is 1.95. The first-order chi connectivity index (χ1) is 11.2. The molecular weight excluding hydrogens is 290 g/mol. The second-order valence-corrected chi connectivity index (χ2v) is 5.90. The van der Waals surface area contributed by atoms with E-state index in [1.54, 1.807) is 19.2 Å². The molecule has 0 radical (unpaired) electrons. The molecule has 4 rings (SSSR count). The summed E-state index contributed by atoms with van der Waals surface area (Å²) in [5, 5.41) is 26.8. The number of nitriles is 1. The molecule has 1 aliphatic carbocycles. The van der Waals surface area contributed by atoms with E-state index in [0.717, 1.165) is 35.3 Å². The molecule has 3 aromatic rings. The summed E-state index contributed by atoms with van der Waals surface area (Å²) in [5.74, 6) is 0.814.